The van der Waals surface area contributed by atoms with Gasteiger partial charge in [0.2, 0.25) is 0 Å². The van der Waals surface area contributed by atoms with Gasteiger partial charge in [-0.15, -0.1) is 0 Å². The number of rotatable bonds is 0. The Morgan fingerprint density at radius 1 is 0.0444 bits per heavy atom. The molecule has 0 heteroatoms. The van der Waals surface area contributed by atoms with Gasteiger partial charge in [0.05, 0.1) is 0 Å². The predicted molar refractivity (Wildman–Crippen MR) is 589 cm³/mol. The summed E-state index contributed by atoms with van der Waals surface area (Å²) in [6.45, 7) is 0. The van der Waals surface area contributed by atoms with Crippen LogP contribution in [0.2, 0.25) is 0 Å². The zero-order valence-corrected chi connectivity index (χ0v) is 91.6. The van der Waals surface area contributed by atoms with Gasteiger partial charge in [-0.05, 0) is 248 Å². The topological polar surface area (TPSA) is 0 Å². The first kappa shape index (κ1) is 108. The molecule has 38 aliphatic carbocycles. The molecule has 38 rings (SSSR count). The van der Waals surface area contributed by atoms with Crippen molar-refractivity contribution in [2.75, 3.05) is 0 Å². The van der Waals surface area contributed by atoms with Crippen LogP contribution in [0, 0.1) is 178 Å². The first-order chi connectivity index (χ1) is 66.7. The molecule has 0 aromatic heterocycles. The van der Waals surface area contributed by atoms with Crippen LogP contribution in [-0.2, 0) is 0 Å². The lowest BCUT2D eigenvalue weighted by molar-refractivity contribution is 0.116. The highest BCUT2D eigenvalue weighted by Crippen LogP contribution is 2.52. The molecule has 8 unspecified atom stereocenters. The van der Waals surface area contributed by atoms with Gasteiger partial charge in [0.1, 0.15) is 0 Å². The first-order valence-electron chi connectivity index (χ1n) is 66.7. The lowest BCUT2D eigenvalue weighted by Crippen LogP contribution is -2.28. The summed E-state index contributed by atoms with van der Waals surface area (Å²) in [6, 6.07) is 0. The van der Waals surface area contributed by atoms with Gasteiger partial charge in [-0.3, -0.25) is 0 Å². The van der Waals surface area contributed by atoms with E-state index < -0.39 is 0 Å². The third kappa shape index (κ3) is 40.5. The summed E-state index contributed by atoms with van der Waals surface area (Å²) in [5.74, 6) is 34.5. The second kappa shape index (κ2) is 62.3. The minimum atomic E-state index is 1.11. The molecule has 0 amide bonds. The number of hydrogen-bond donors (Lipinski definition) is 0. The molecule has 30 bridgehead atoms. The maximum absolute atomic E-state index is 1.58. The van der Waals surface area contributed by atoms with Crippen LogP contribution in [0.5, 0.6) is 0 Å². The fraction of sp³-hybridized carbons (Fsp3) is 1.00. The fourth-order valence-corrected chi connectivity index (χ4v) is 37.8. The van der Waals surface area contributed by atoms with Gasteiger partial charge in [-0.2, -0.15) is 0 Å². The highest BCUT2D eigenvalue weighted by atomic mass is 14.4. The van der Waals surface area contributed by atoms with E-state index in [1.54, 1.807) is 507 Å². The summed E-state index contributed by atoms with van der Waals surface area (Å²) in [5, 5.41) is 0. The summed E-state index contributed by atoms with van der Waals surface area (Å²) in [4.78, 5) is 0. The largest absolute Gasteiger partial charge is 0.0530 e. The van der Waals surface area contributed by atoms with E-state index in [0.29, 0.717) is 0 Å². The van der Waals surface area contributed by atoms with Crippen LogP contribution in [0.3, 0.4) is 0 Å². The summed E-state index contributed by atoms with van der Waals surface area (Å²) >= 11 is 0. The molecule has 0 heterocycles. The second-order valence-electron chi connectivity index (χ2n) is 57.4. The number of fused-ring (bicyclic) bond motifs is 47. The maximum atomic E-state index is 1.58. The predicted octanol–water partition coefficient (Wildman–Crippen LogP) is 44.7. The zero-order chi connectivity index (χ0) is 91.6. The molecule has 38 saturated carbocycles. The molecule has 0 nitrogen and oxygen atoms in total. The van der Waals surface area contributed by atoms with E-state index in [-0.39, 0.29) is 0 Å². The molecule has 0 radical (unpaired) electrons. The molecular weight excluding hydrogens is 1620 g/mol. The van der Waals surface area contributed by atoms with Gasteiger partial charge < -0.3 is 0 Å². The fourth-order valence-electron chi connectivity index (χ4n) is 37.8. The van der Waals surface area contributed by atoms with Crippen molar-refractivity contribution in [2.45, 2.75) is 674 Å². The molecule has 8 atom stereocenters. The van der Waals surface area contributed by atoms with E-state index in [1.807, 2.05) is 0 Å². The van der Waals surface area contributed by atoms with Crippen LogP contribution >= 0.6 is 0 Å². The first-order valence-corrected chi connectivity index (χ1v) is 66.7. The Hall–Kier alpha value is 0. The molecule has 0 N–H and O–H groups in total. The summed E-state index contributed by atoms with van der Waals surface area (Å²) in [6.07, 6.45) is 163. The maximum Gasteiger partial charge on any atom is -0.0409 e. The van der Waals surface area contributed by atoms with Gasteiger partial charge in [0.15, 0.2) is 0 Å². The van der Waals surface area contributed by atoms with E-state index in [0.717, 1.165) is 130 Å². The minimum absolute atomic E-state index is 1.11. The van der Waals surface area contributed by atoms with Crippen LogP contribution in [-0.4, -0.2) is 0 Å². The molecule has 780 valence electrons. The zero-order valence-electron chi connectivity index (χ0n) is 91.6. The Labute approximate surface area is 846 Å². The van der Waals surface area contributed by atoms with Crippen molar-refractivity contribution in [1.82, 2.24) is 0 Å². The van der Waals surface area contributed by atoms with Crippen LogP contribution in [0.15, 0.2) is 0 Å². The van der Waals surface area contributed by atoms with Crippen LogP contribution in [0.1, 0.15) is 674 Å². The smallest absolute Gasteiger partial charge is 0.0409 e. The summed E-state index contributed by atoms with van der Waals surface area (Å²) < 4.78 is 0. The molecule has 0 saturated heterocycles. The van der Waals surface area contributed by atoms with Gasteiger partial charge in [-0.25, -0.2) is 0 Å². The van der Waals surface area contributed by atoms with Crippen LogP contribution in [0.25, 0.3) is 0 Å². The molecule has 0 spiro atoms. The third-order valence-electron chi connectivity index (χ3n) is 47.1. The quantitative estimate of drug-likeness (QED) is 0.227. The van der Waals surface area contributed by atoms with E-state index in [2.05, 4.69) is 0 Å². The van der Waals surface area contributed by atoms with Crippen molar-refractivity contribution < 1.29 is 0 Å². The SMILES string of the molecule is C1CC2CC(C1)C2.C1CC2CC1C2.C1CC2CCC(C1)C2.C1CC2CCC(C1)CC2.C1CC2CCC1C2.C1CC2CCC1CC2.C1CC2CCCC(C1)C2.C1CC2CCCC(C1)CC2.C1CC2CCCC(C1)CCC2.C1CCC2CC(C1)C2.C1CCC2CCC(C1)C2.C1CCC2CCC(C1)CC2.C1CCC2CCCC(C1)C2.C1CCC2CCCC(C1)CC2.C1CCC2CCCC(C1)CCC2. The van der Waals surface area contributed by atoms with E-state index in [1.165, 1.54) is 214 Å². The third-order valence-corrected chi connectivity index (χ3v) is 47.1. The molecule has 0 aromatic rings. The highest BCUT2D eigenvalue weighted by Gasteiger charge is 2.39. The molecular formula is C135H240. The van der Waals surface area contributed by atoms with Crippen molar-refractivity contribution in [3.8, 4) is 0 Å². The Bertz CT molecular complexity index is 2600. The van der Waals surface area contributed by atoms with Crippen molar-refractivity contribution in [1.29, 1.82) is 0 Å². The van der Waals surface area contributed by atoms with Crippen LogP contribution < -0.4 is 0 Å². The molecule has 38 aliphatic rings. The standard InChI is InChI=1S/C12H22.2C11H20.3C10H18.3C9H16.3C8H14.2C7H12.C6H10/c1-2-6-12-9-3-7-11(5-1)8-4-10-12;1-4-10-6-2-7-11(5-1)9-3-8-10;1-2-5-11-7-3-6-10(4-1)8-9-11;1-3-9-5-2-6-10(4-1)8-7-9;1-2-5-10-7-3-6-9(4-1)8-10;1-2-4-10-7-5-9(3-1)6-8-10;1-3-8-5-2-6-9(4-1)7-8;1-2-8-4-6-9(3-1)7-5-8;1-2-4-9-6-5-8(3-1)7-9;1-2-8-5-3-7(1)4-6-8;1-2-7-4-5-8(3-1)6-7;1-2-4-8-5-7(3-1)6-8;1-2-7-4-3-6(1)5-7;1-2-6-4-7(3-1)5-6;1-2-6-3-5(1)4-6/h11-12H,1-10H2;2*10-11H,1-9H2;3*9-10H,1-8H2;3*8-9H,1-7H2;3*7-8H,1-6H2;2*6-7H,1-5H2;5-6H,1-4H2. The Morgan fingerprint density at radius 2 is 0.104 bits per heavy atom. The molecule has 135 heavy (non-hydrogen) atoms. The van der Waals surface area contributed by atoms with E-state index >= 15 is 0 Å². The lowest BCUT2D eigenvalue weighted by Gasteiger charge is -2.40. The average Bonchev–Trinajstić information content (AvgIpc) is 1.63. The van der Waals surface area contributed by atoms with Crippen molar-refractivity contribution >= 4 is 0 Å². The van der Waals surface area contributed by atoms with Gasteiger partial charge in [-0.1, -0.05) is 604 Å². The minimum Gasteiger partial charge on any atom is -0.0530 e. The van der Waals surface area contributed by atoms with Crippen molar-refractivity contribution in [2.24, 2.45) is 178 Å². The Balaban J connectivity index is 0.000000105. The Morgan fingerprint density at radius 3 is 0.237 bits per heavy atom. The van der Waals surface area contributed by atoms with Crippen molar-refractivity contribution in [3.63, 3.8) is 0 Å². The monoisotopic (exact) mass is 1860 g/mol. The summed E-state index contributed by atoms with van der Waals surface area (Å²) in [5.41, 5.74) is 0. The molecule has 38 fully saturated rings. The van der Waals surface area contributed by atoms with Gasteiger partial charge >= 0.3 is 0 Å². The number of hydrogen-bond acceptors (Lipinski definition) is 0. The van der Waals surface area contributed by atoms with Gasteiger partial charge in [0, 0.05) is 0 Å². The lowest BCUT2D eigenvalue weighted by atomic mass is 9.65. The molecule has 0 aliphatic heterocycles. The molecule has 0 aromatic carbocycles. The van der Waals surface area contributed by atoms with Crippen LogP contribution in [0.4, 0.5) is 0 Å². The van der Waals surface area contributed by atoms with Gasteiger partial charge in [0.25, 0.3) is 0 Å². The van der Waals surface area contributed by atoms with E-state index in [4.69, 9.17) is 0 Å². The van der Waals surface area contributed by atoms with Crippen molar-refractivity contribution in [3.05, 3.63) is 0 Å². The van der Waals surface area contributed by atoms with E-state index in [9.17, 15) is 0 Å². The second-order valence-corrected chi connectivity index (χ2v) is 57.4. The summed E-state index contributed by atoms with van der Waals surface area (Å²) in [7, 11) is 0. The average molecular weight is 1860 g/mol. The Kier molecular flexibility index (Phi) is 49.7. The normalized spacial score (nSPS) is 42.7. The highest BCUT2D eigenvalue weighted by molar-refractivity contribution is 4.91.